The second kappa shape index (κ2) is 6.78. The van der Waals surface area contributed by atoms with Crippen LogP contribution in [-0.4, -0.2) is 17.6 Å². The van der Waals surface area contributed by atoms with E-state index in [1.807, 2.05) is 6.92 Å². The zero-order valence-corrected chi connectivity index (χ0v) is 12.0. The highest BCUT2D eigenvalue weighted by atomic mass is 35.5. The monoisotopic (exact) mass is 305 g/mol. The molecule has 0 fully saturated rings. The van der Waals surface area contributed by atoms with Crippen molar-refractivity contribution in [1.29, 1.82) is 0 Å². The molecule has 0 aliphatic carbocycles. The van der Waals surface area contributed by atoms with Crippen LogP contribution < -0.4 is 16.4 Å². The van der Waals surface area contributed by atoms with Crippen molar-refractivity contribution in [3.63, 3.8) is 0 Å². The SMILES string of the molecule is CC(CNC(=O)Nc1cc(Cl)ccc1Cl)C(N)=S. The number of urea groups is 1. The second-order valence-electron chi connectivity index (χ2n) is 3.76. The van der Waals surface area contributed by atoms with Crippen molar-refractivity contribution in [3.8, 4) is 0 Å². The first-order valence-electron chi connectivity index (χ1n) is 5.19. The van der Waals surface area contributed by atoms with Crippen LogP contribution in [0.4, 0.5) is 10.5 Å². The summed E-state index contributed by atoms with van der Waals surface area (Å²) in [4.78, 5) is 12.0. The first-order valence-corrected chi connectivity index (χ1v) is 6.35. The Labute approximate surface area is 121 Å². The highest BCUT2D eigenvalue weighted by molar-refractivity contribution is 7.80. The fourth-order valence-electron chi connectivity index (χ4n) is 1.11. The first-order chi connectivity index (χ1) is 8.40. The summed E-state index contributed by atoms with van der Waals surface area (Å²) in [5, 5.41) is 6.14. The fraction of sp³-hybridized carbons (Fsp3) is 0.273. The molecule has 1 atom stereocenters. The van der Waals surface area contributed by atoms with Gasteiger partial charge in [-0.1, -0.05) is 42.3 Å². The molecule has 0 aliphatic heterocycles. The number of thiocarbonyl (C=S) groups is 1. The van der Waals surface area contributed by atoms with E-state index in [4.69, 9.17) is 41.2 Å². The van der Waals surface area contributed by atoms with Crippen LogP contribution in [0.3, 0.4) is 0 Å². The maximum Gasteiger partial charge on any atom is 0.319 e. The number of nitrogens with two attached hydrogens (primary N) is 1. The van der Waals surface area contributed by atoms with Gasteiger partial charge < -0.3 is 16.4 Å². The molecule has 98 valence electrons. The second-order valence-corrected chi connectivity index (χ2v) is 5.08. The van der Waals surface area contributed by atoms with Gasteiger partial charge in [0.1, 0.15) is 0 Å². The van der Waals surface area contributed by atoms with Crippen LogP contribution in [0.2, 0.25) is 10.0 Å². The molecule has 1 aromatic carbocycles. The number of benzene rings is 1. The predicted molar refractivity (Wildman–Crippen MR) is 79.4 cm³/mol. The van der Waals surface area contributed by atoms with Crippen molar-refractivity contribution in [2.75, 3.05) is 11.9 Å². The lowest BCUT2D eigenvalue weighted by Crippen LogP contribution is -2.36. The van der Waals surface area contributed by atoms with Crippen molar-refractivity contribution in [2.24, 2.45) is 11.7 Å². The molecule has 2 amide bonds. The van der Waals surface area contributed by atoms with E-state index in [0.29, 0.717) is 27.3 Å². The molecule has 0 aliphatic rings. The van der Waals surface area contributed by atoms with E-state index in [1.165, 1.54) is 0 Å². The van der Waals surface area contributed by atoms with Gasteiger partial charge in [-0.15, -0.1) is 0 Å². The molecule has 18 heavy (non-hydrogen) atoms. The van der Waals surface area contributed by atoms with Gasteiger partial charge in [0.2, 0.25) is 0 Å². The standard InChI is InChI=1S/C11H13Cl2N3OS/c1-6(10(14)18)5-15-11(17)16-9-4-7(12)2-3-8(9)13/h2-4,6H,5H2,1H3,(H2,14,18)(H2,15,16,17). The molecular weight excluding hydrogens is 293 g/mol. The molecule has 7 heteroatoms. The summed E-state index contributed by atoms with van der Waals surface area (Å²) in [5.74, 6) is -0.0689. The van der Waals surface area contributed by atoms with Gasteiger partial charge in [0.05, 0.1) is 15.7 Å². The molecule has 0 heterocycles. The van der Waals surface area contributed by atoms with Gasteiger partial charge in [-0.25, -0.2) is 4.79 Å². The van der Waals surface area contributed by atoms with Crippen LogP contribution in [-0.2, 0) is 0 Å². The molecule has 4 N–H and O–H groups in total. The Hall–Kier alpha value is -1.04. The van der Waals surface area contributed by atoms with E-state index in [9.17, 15) is 4.79 Å². The topological polar surface area (TPSA) is 67.2 Å². The molecule has 1 rings (SSSR count). The van der Waals surface area contributed by atoms with Crippen LogP contribution >= 0.6 is 35.4 Å². The van der Waals surface area contributed by atoms with Gasteiger partial charge in [-0.05, 0) is 18.2 Å². The first kappa shape index (κ1) is 15.0. The van der Waals surface area contributed by atoms with Gasteiger partial charge in [0.25, 0.3) is 0 Å². The molecule has 1 aromatic rings. The fourth-order valence-corrected chi connectivity index (χ4v) is 1.53. The minimum Gasteiger partial charge on any atom is -0.393 e. The number of hydrogen-bond donors (Lipinski definition) is 3. The van der Waals surface area contributed by atoms with Crippen LogP contribution in [0.1, 0.15) is 6.92 Å². The lowest BCUT2D eigenvalue weighted by molar-refractivity contribution is 0.251. The molecule has 0 radical (unpaired) electrons. The van der Waals surface area contributed by atoms with Gasteiger partial charge in [-0.3, -0.25) is 0 Å². The minimum absolute atomic E-state index is 0.0689. The number of anilines is 1. The van der Waals surface area contributed by atoms with Crippen LogP contribution in [0.15, 0.2) is 18.2 Å². The predicted octanol–water partition coefficient (Wildman–Crippen LogP) is 3.04. The molecule has 0 spiro atoms. The Morgan fingerprint density at radius 3 is 2.78 bits per heavy atom. The lowest BCUT2D eigenvalue weighted by Gasteiger charge is -2.12. The number of carbonyl (C=O) groups is 1. The average molecular weight is 306 g/mol. The average Bonchev–Trinajstić information content (AvgIpc) is 2.30. The zero-order chi connectivity index (χ0) is 13.7. The summed E-state index contributed by atoms with van der Waals surface area (Å²) in [6.45, 7) is 2.19. The Bertz CT molecular complexity index is 468. The quantitative estimate of drug-likeness (QED) is 0.749. The number of rotatable bonds is 4. The Morgan fingerprint density at radius 2 is 2.17 bits per heavy atom. The number of hydrogen-bond acceptors (Lipinski definition) is 2. The van der Waals surface area contributed by atoms with Gasteiger partial charge >= 0.3 is 6.03 Å². The maximum atomic E-state index is 11.6. The van der Waals surface area contributed by atoms with E-state index in [2.05, 4.69) is 10.6 Å². The summed E-state index contributed by atoms with van der Waals surface area (Å²) in [5.41, 5.74) is 5.89. The van der Waals surface area contributed by atoms with Crippen molar-refractivity contribution in [2.45, 2.75) is 6.92 Å². The third-order valence-corrected chi connectivity index (χ3v) is 3.20. The van der Waals surface area contributed by atoms with Gasteiger partial charge in [0, 0.05) is 17.5 Å². The number of halogens is 2. The van der Waals surface area contributed by atoms with Crippen molar-refractivity contribution in [3.05, 3.63) is 28.2 Å². The third-order valence-electron chi connectivity index (χ3n) is 2.23. The molecular formula is C11H13Cl2N3OS. The Balaban J connectivity index is 2.54. The zero-order valence-electron chi connectivity index (χ0n) is 9.67. The highest BCUT2D eigenvalue weighted by Crippen LogP contribution is 2.25. The summed E-state index contributed by atoms with van der Waals surface area (Å²) >= 11 is 16.5. The molecule has 0 saturated heterocycles. The molecule has 0 saturated carbocycles. The van der Waals surface area contributed by atoms with Crippen molar-refractivity contribution < 1.29 is 4.79 Å². The Morgan fingerprint density at radius 1 is 1.50 bits per heavy atom. The summed E-state index contributed by atoms with van der Waals surface area (Å²) in [6.07, 6.45) is 0. The third kappa shape index (κ3) is 4.68. The number of nitrogens with one attached hydrogen (secondary N) is 2. The van der Waals surface area contributed by atoms with Crippen LogP contribution in [0.25, 0.3) is 0 Å². The van der Waals surface area contributed by atoms with Crippen molar-refractivity contribution in [1.82, 2.24) is 5.32 Å². The summed E-state index contributed by atoms with van der Waals surface area (Å²) in [6, 6.07) is 4.43. The van der Waals surface area contributed by atoms with Crippen LogP contribution in [0.5, 0.6) is 0 Å². The summed E-state index contributed by atoms with van der Waals surface area (Å²) in [7, 11) is 0. The minimum atomic E-state index is -0.387. The highest BCUT2D eigenvalue weighted by Gasteiger charge is 2.09. The molecule has 0 bridgehead atoms. The van der Waals surface area contributed by atoms with E-state index < -0.39 is 0 Å². The molecule has 0 aromatic heterocycles. The van der Waals surface area contributed by atoms with Crippen molar-refractivity contribution >= 4 is 52.1 Å². The normalized spacial score (nSPS) is 11.7. The summed E-state index contributed by atoms with van der Waals surface area (Å²) < 4.78 is 0. The number of amides is 2. The van der Waals surface area contributed by atoms with E-state index >= 15 is 0 Å². The van der Waals surface area contributed by atoms with E-state index in [-0.39, 0.29) is 11.9 Å². The maximum absolute atomic E-state index is 11.6. The molecule has 4 nitrogen and oxygen atoms in total. The number of carbonyl (C=O) groups excluding carboxylic acids is 1. The van der Waals surface area contributed by atoms with E-state index in [1.54, 1.807) is 18.2 Å². The lowest BCUT2D eigenvalue weighted by atomic mass is 10.2. The van der Waals surface area contributed by atoms with Gasteiger partial charge in [-0.2, -0.15) is 0 Å². The van der Waals surface area contributed by atoms with Gasteiger partial charge in [0.15, 0.2) is 0 Å². The Kier molecular flexibility index (Phi) is 5.65. The van der Waals surface area contributed by atoms with E-state index in [0.717, 1.165) is 0 Å². The molecule has 1 unspecified atom stereocenters. The van der Waals surface area contributed by atoms with Crippen LogP contribution in [0, 0.1) is 5.92 Å². The largest absolute Gasteiger partial charge is 0.393 e. The smallest absolute Gasteiger partial charge is 0.319 e.